The molecule has 0 fully saturated rings. The number of rotatable bonds is 7. The molecule has 0 aliphatic rings. The van der Waals surface area contributed by atoms with Crippen molar-refractivity contribution in [1.82, 2.24) is 0 Å². The number of hydrogen-bond donors (Lipinski definition) is 0. The third kappa shape index (κ3) is 5.45. The Morgan fingerprint density at radius 1 is 0.933 bits per heavy atom. The monoisotopic (exact) mass is 400 g/mol. The standard InChI is InChI=1S/C23H20N4O3/c1-26(2)21-13-11-20(12-14-21)25-24-19-9-6-17(7-10-19)8-15-23(28)18-4-3-5-22(16-18)27(29)30/h3-16H,1-2H3/b15-8+,25-24?. The smallest absolute Gasteiger partial charge is 0.270 e. The Morgan fingerprint density at radius 3 is 2.10 bits per heavy atom. The molecule has 3 aromatic rings. The molecule has 0 unspecified atom stereocenters. The van der Waals surface area contributed by atoms with Crippen LogP contribution >= 0.6 is 0 Å². The van der Waals surface area contributed by atoms with Crippen LogP contribution in [-0.2, 0) is 0 Å². The van der Waals surface area contributed by atoms with Gasteiger partial charge in [-0.1, -0.05) is 30.3 Å². The molecule has 0 aromatic heterocycles. The summed E-state index contributed by atoms with van der Waals surface area (Å²) in [6.45, 7) is 0. The molecule has 3 rings (SSSR count). The van der Waals surface area contributed by atoms with Crippen LogP contribution < -0.4 is 4.90 Å². The molecule has 150 valence electrons. The van der Waals surface area contributed by atoms with Crippen molar-refractivity contribution in [1.29, 1.82) is 0 Å². The highest BCUT2D eigenvalue weighted by atomic mass is 16.6. The summed E-state index contributed by atoms with van der Waals surface area (Å²) in [6.07, 6.45) is 3.05. The van der Waals surface area contributed by atoms with Crippen molar-refractivity contribution in [3.8, 4) is 0 Å². The lowest BCUT2D eigenvalue weighted by molar-refractivity contribution is -0.384. The fourth-order valence-electron chi connectivity index (χ4n) is 2.63. The summed E-state index contributed by atoms with van der Waals surface area (Å²) in [5.41, 5.74) is 3.50. The summed E-state index contributed by atoms with van der Waals surface area (Å²) < 4.78 is 0. The maximum atomic E-state index is 12.2. The lowest BCUT2D eigenvalue weighted by Crippen LogP contribution is -2.07. The van der Waals surface area contributed by atoms with E-state index >= 15 is 0 Å². The van der Waals surface area contributed by atoms with Crippen LogP contribution in [0.3, 0.4) is 0 Å². The molecule has 0 saturated carbocycles. The van der Waals surface area contributed by atoms with Crippen molar-refractivity contribution in [2.75, 3.05) is 19.0 Å². The predicted octanol–water partition coefficient (Wildman–Crippen LogP) is 5.97. The van der Waals surface area contributed by atoms with Gasteiger partial charge in [-0.2, -0.15) is 10.2 Å². The average molecular weight is 400 g/mol. The third-order valence-corrected chi connectivity index (χ3v) is 4.31. The lowest BCUT2D eigenvalue weighted by Gasteiger charge is -2.11. The summed E-state index contributed by atoms with van der Waals surface area (Å²) in [7, 11) is 3.95. The van der Waals surface area contributed by atoms with Gasteiger partial charge in [0.25, 0.3) is 5.69 Å². The largest absolute Gasteiger partial charge is 0.378 e. The molecular weight excluding hydrogens is 380 g/mol. The Kier molecular flexibility index (Phi) is 6.44. The number of azo groups is 1. The molecule has 7 nitrogen and oxygen atoms in total. The van der Waals surface area contributed by atoms with Crippen LogP contribution in [0.15, 0.2) is 89.1 Å². The Hall–Kier alpha value is -4.13. The van der Waals surface area contributed by atoms with Crippen LogP contribution in [0.2, 0.25) is 0 Å². The second-order valence-electron chi connectivity index (χ2n) is 6.71. The normalized spacial score (nSPS) is 11.1. The first-order valence-corrected chi connectivity index (χ1v) is 9.18. The number of carbonyl (C=O) groups excluding carboxylic acids is 1. The van der Waals surface area contributed by atoms with Crippen LogP contribution in [0.1, 0.15) is 15.9 Å². The Labute approximate surface area is 174 Å². The second-order valence-corrected chi connectivity index (χ2v) is 6.71. The first-order valence-electron chi connectivity index (χ1n) is 9.18. The minimum atomic E-state index is -0.523. The minimum Gasteiger partial charge on any atom is -0.378 e. The fraction of sp³-hybridized carbons (Fsp3) is 0.0870. The van der Waals surface area contributed by atoms with E-state index in [0.29, 0.717) is 5.69 Å². The molecule has 7 heteroatoms. The van der Waals surface area contributed by atoms with Crippen molar-refractivity contribution >= 4 is 34.6 Å². The number of benzene rings is 3. The second kappa shape index (κ2) is 9.38. The number of ketones is 1. The number of nitro groups is 1. The van der Waals surface area contributed by atoms with Crippen LogP contribution in [0.5, 0.6) is 0 Å². The van der Waals surface area contributed by atoms with Gasteiger partial charge >= 0.3 is 0 Å². The van der Waals surface area contributed by atoms with Gasteiger partial charge in [0, 0.05) is 37.5 Å². The Balaban J connectivity index is 1.64. The van der Waals surface area contributed by atoms with E-state index in [1.807, 2.05) is 55.4 Å². The van der Waals surface area contributed by atoms with Crippen molar-refractivity contribution in [2.24, 2.45) is 10.2 Å². The Morgan fingerprint density at radius 2 is 1.53 bits per heavy atom. The van der Waals surface area contributed by atoms with E-state index in [1.54, 1.807) is 24.3 Å². The molecule has 0 radical (unpaired) electrons. The van der Waals surface area contributed by atoms with E-state index in [1.165, 1.54) is 24.3 Å². The molecule has 0 amide bonds. The molecule has 0 atom stereocenters. The van der Waals surface area contributed by atoms with Gasteiger partial charge in [-0.3, -0.25) is 14.9 Å². The first kappa shape index (κ1) is 20.6. The number of non-ortho nitro benzene ring substituents is 1. The number of carbonyl (C=O) groups is 1. The summed E-state index contributed by atoms with van der Waals surface area (Å²) in [4.78, 5) is 24.6. The summed E-state index contributed by atoms with van der Waals surface area (Å²) >= 11 is 0. The summed E-state index contributed by atoms with van der Waals surface area (Å²) in [5, 5.41) is 19.3. The van der Waals surface area contributed by atoms with Gasteiger partial charge in [0.15, 0.2) is 5.78 Å². The molecule has 30 heavy (non-hydrogen) atoms. The SMILES string of the molecule is CN(C)c1ccc(N=Nc2ccc(/C=C/C(=O)c3cccc([N+](=O)[O-])c3)cc2)cc1. The van der Waals surface area contributed by atoms with E-state index in [2.05, 4.69) is 10.2 Å². The van der Waals surface area contributed by atoms with Crippen LogP contribution in [-0.4, -0.2) is 24.8 Å². The van der Waals surface area contributed by atoms with Gasteiger partial charge in [-0.25, -0.2) is 0 Å². The van der Waals surface area contributed by atoms with E-state index in [0.717, 1.165) is 16.9 Å². The molecule has 0 aliphatic carbocycles. The van der Waals surface area contributed by atoms with Gasteiger partial charge in [0.2, 0.25) is 0 Å². The number of nitrogens with zero attached hydrogens (tertiary/aromatic N) is 4. The molecule has 0 N–H and O–H groups in total. The van der Waals surface area contributed by atoms with Crippen molar-refractivity contribution < 1.29 is 9.72 Å². The number of hydrogen-bond acceptors (Lipinski definition) is 6. The molecule has 3 aromatic carbocycles. The van der Waals surface area contributed by atoms with E-state index in [4.69, 9.17) is 0 Å². The molecule has 0 spiro atoms. The van der Waals surface area contributed by atoms with Crippen molar-refractivity contribution in [2.45, 2.75) is 0 Å². The third-order valence-electron chi connectivity index (χ3n) is 4.31. The van der Waals surface area contributed by atoms with Gasteiger partial charge in [-0.15, -0.1) is 0 Å². The van der Waals surface area contributed by atoms with Crippen LogP contribution in [0.4, 0.5) is 22.7 Å². The highest BCUT2D eigenvalue weighted by Crippen LogP contribution is 2.22. The fourth-order valence-corrected chi connectivity index (χ4v) is 2.63. The van der Waals surface area contributed by atoms with Crippen LogP contribution in [0, 0.1) is 10.1 Å². The summed E-state index contributed by atoms with van der Waals surface area (Å²) in [6, 6.07) is 20.6. The zero-order valence-electron chi connectivity index (χ0n) is 16.6. The van der Waals surface area contributed by atoms with Crippen LogP contribution in [0.25, 0.3) is 6.08 Å². The number of nitro benzene ring substituents is 1. The summed E-state index contributed by atoms with van der Waals surface area (Å²) in [5.74, 6) is -0.302. The van der Waals surface area contributed by atoms with Gasteiger partial charge < -0.3 is 4.90 Å². The quantitative estimate of drug-likeness (QED) is 0.161. The molecule has 0 heterocycles. The molecular formula is C23H20N4O3. The zero-order chi connectivity index (χ0) is 21.5. The zero-order valence-corrected chi connectivity index (χ0v) is 16.6. The maximum absolute atomic E-state index is 12.2. The lowest BCUT2D eigenvalue weighted by atomic mass is 10.1. The molecule has 0 saturated heterocycles. The van der Waals surface area contributed by atoms with Gasteiger partial charge in [0.05, 0.1) is 16.3 Å². The average Bonchev–Trinajstić information content (AvgIpc) is 2.77. The van der Waals surface area contributed by atoms with E-state index in [-0.39, 0.29) is 17.0 Å². The highest BCUT2D eigenvalue weighted by molar-refractivity contribution is 6.07. The van der Waals surface area contributed by atoms with E-state index in [9.17, 15) is 14.9 Å². The molecule has 0 bridgehead atoms. The van der Waals surface area contributed by atoms with E-state index < -0.39 is 4.92 Å². The van der Waals surface area contributed by atoms with Gasteiger partial charge in [0.1, 0.15) is 0 Å². The maximum Gasteiger partial charge on any atom is 0.270 e. The topological polar surface area (TPSA) is 88.2 Å². The number of anilines is 1. The Bertz CT molecular complexity index is 1100. The molecule has 0 aliphatic heterocycles. The number of allylic oxidation sites excluding steroid dienone is 1. The van der Waals surface area contributed by atoms with Gasteiger partial charge in [-0.05, 0) is 48.0 Å². The van der Waals surface area contributed by atoms with Crippen molar-refractivity contribution in [3.05, 3.63) is 100 Å². The minimum absolute atomic E-state index is 0.111. The predicted molar refractivity (Wildman–Crippen MR) is 118 cm³/mol. The van der Waals surface area contributed by atoms with Crippen molar-refractivity contribution in [3.63, 3.8) is 0 Å². The highest BCUT2D eigenvalue weighted by Gasteiger charge is 2.09. The first-order chi connectivity index (χ1) is 14.4.